The standard InChI is InChI=1S/C19H28N4O2.ClH/c1-19(2,11-20)12-22(3)17(24)13-8-9-16-15(10-13)21-18(25)23(16)14-6-4-5-7-14;/h8-10,14H,4-7,11-12,20H2,1-3H3,(H,21,25);1H. The average Bonchev–Trinajstić information content (AvgIpc) is 3.19. The molecule has 0 bridgehead atoms. The van der Waals surface area contributed by atoms with Crippen molar-refractivity contribution in [3.8, 4) is 0 Å². The minimum absolute atomic E-state index is 0. The van der Waals surface area contributed by atoms with Crippen LogP contribution in [0.25, 0.3) is 11.0 Å². The van der Waals surface area contributed by atoms with E-state index in [1.54, 1.807) is 18.0 Å². The number of imidazole rings is 1. The van der Waals surface area contributed by atoms with Crippen LogP contribution >= 0.6 is 12.4 Å². The Balaban J connectivity index is 0.00000243. The van der Waals surface area contributed by atoms with Gasteiger partial charge < -0.3 is 15.6 Å². The number of amides is 1. The van der Waals surface area contributed by atoms with Crippen molar-refractivity contribution < 1.29 is 4.79 Å². The monoisotopic (exact) mass is 380 g/mol. The number of benzene rings is 1. The molecule has 1 aromatic heterocycles. The van der Waals surface area contributed by atoms with E-state index in [1.807, 2.05) is 30.5 Å². The molecule has 0 radical (unpaired) electrons. The summed E-state index contributed by atoms with van der Waals surface area (Å²) in [4.78, 5) is 29.7. The lowest BCUT2D eigenvalue weighted by Gasteiger charge is -2.29. The molecule has 1 aliphatic rings. The summed E-state index contributed by atoms with van der Waals surface area (Å²) in [5.41, 5.74) is 7.76. The van der Waals surface area contributed by atoms with Crippen LogP contribution in [0, 0.1) is 5.41 Å². The zero-order chi connectivity index (χ0) is 18.2. The van der Waals surface area contributed by atoms with Crippen molar-refractivity contribution in [1.82, 2.24) is 14.5 Å². The highest BCUT2D eigenvalue weighted by molar-refractivity contribution is 5.97. The van der Waals surface area contributed by atoms with E-state index in [0.29, 0.717) is 18.7 Å². The van der Waals surface area contributed by atoms with Gasteiger partial charge in [0.2, 0.25) is 0 Å². The van der Waals surface area contributed by atoms with Gasteiger partial charge in [0, 0.05) is 25.2 Å². The van der Waals surface area contributed by atoms with Gasteiger partial charge in [-0.1, -0.05) is 26.7 Å². The zero-order valence-corrected chi connectivity index (χ0v) is 16.6. The van der Waals surface area contributed by atoms with Crippen LogP contribution in [0.5, 0.6) is 0 Å². The largest absolute Gasteiger partial charge is 0.341 e. The SMILES string of the molecule is CN(CC(C)(C)CN)C(=O)c1ccc2c(c1)[nH]c(=O)n2C1CCCC1.Cl. The summed E-state index contributed by atoms with van der Waals surface area (Å²) >= 11 is 0. The number of aromatic nitrogens is 2. The first-order valence-corrected chi connectivity index (χ1v) is 9.02. The first-order valence-electron chi connectivity index (χ1n) is 9.02. The van der Waals surface area contributed by atoms with Gasteiger partial charge in [-0.2, -0.15) is 0 Å². The summed E-state index contributed by atoms with van der Waals surface area (Å²) in [6.45, 7) is 5.18. The fourth-order valence-electron chi connectivity index (χ4n) is 3.79. The molecule has 2 aromatic rings. The van der Waals surface area contributed by atoms with Gasteiger partial charge in [-0.15, -0.1) is 12.4 Å². The Morgan fingerprint density at radius 1 is 1.35 bits per heavy atom. The summed E-state index contributed by atoms with van der Waals surface area (Å²) in [6, 6.07) is 5.77. The lowest BCUT2D eigenvalue weighted by molar-refractivity contribution is 0.0740. The molecule has 1 saturated carbocycles. The number of nitrogens with two attached hydrogens (primary N) is 1. The summed E-state index contributed by atoms with van der Waals surface area (Å²) in [5, 5.41) is 0. The van der Waals surface area contributed by atoms with Crippen molar-refractivity contribution >= 4 is 29.3 Å². The molecule has 1 fully saturated rings. The highest BCUT2D eigenvalue weighted by Crippen LogP contribution is 2.30. The number of carbonyl (C=O) groups is 1. The number of hydrogen-bond donors (Lipinski definition) is 2. The first-order chi connectivity index (χ1) is 11.8. The second-order valence-electron chi connectivity index (χ2n) is 8.00. The maximum atomic E-state index is 12.7. The van der Waals surface area contributed by atoms with Crippen LogP contribution in [-0.4, -0.2) is 40.5 Å². The molecule has 26 heavy (non-hydrogen) atoms. The number of nitrogens with zero attached hydrogens (tertiary/aromatic N) is 2. The lowest BCUT2D eigenvalue weighted by atomic mass is 9.93. The van der Waals surface area contributed by atoms with Crippen LogP contribution in [-0.2, 0) is 0 Å². The van der Waals surface area contributed by atoms with E-state index in [-0.39, 0.29) is 35.5 Å². The number of carbonyl (C=O) groups excluding carboxylic acids is 1. The third kappa shape index (κ3) is 3.96. The van der Waals surface area contributed by atoms with E-state index in [1.165, 1.54) is 12.8 Å². The second-order valence-corrected chi connectivity index (χ2v) is 8.00. The van der Waals surface area contributed by atoms with E-state index in [2.05, 4.69) is 4.98 Å². The molecule has 6 nitrogen and oxygen atoms in total. The van der Waals surface area contributed by atoms with Crippen molar-refractivity contribution in [3.05, 3.63) is 34.2 Å². The number of nitrogens with one attached hydrogen (secondary N) is 1. The summed E-state index contributed by atoms with van der Waals surface area (Å²) < 4.78 is 1.86. The molecule has 144 valence electrons. The average molecular weight is 381 g/mol. The Morgan fingerprint density at radius 2 is 2.00 bits per heavy atom. The topological polar surface area (TPSA) is 84.1 Å². The normalized spacial score (nSPS) is 15.2. The molecule has 0 saturated heterocycles. The molecule has 1 heterocycles. The molecule has 7 heteroatoms. The molecule has 1 aromatic carbocycles. The summed E-state index contributed by atoms with van der Waals surface area (Å²) in [7, 11) is 1.79. The maximum absolute atomic E-state index is 12.7. The number of rotatable bonds is 5. The van der Waals surface area contributed by atoms with Gasteiger partial charge in [0.15, 0.2) is 0 Å². The predicted molar refractivity (Wildman–Crippen MR) is 107 cm³/mol. The maximum Gasteiger partial charge on any atom is 0.326 e. The van der Waals surface area contributed by atoms with Crippen LogP contribution in [0.2, 0.25) is 0 Å². The van der Waals surface area contributed by atoms with Crippen LogP contribution in [0.4, 0.5) is 0 Å². The predicted octanol–water partition coefficient (Wildman–Crippen LogP) is 2.92. The van der Waals surface area contributed by atoms with Crippen LogP contribution in [0.1, 0.15) is 55.9 Å². The Labute approximate surface area is 160 Å². The highest BCUT2D eigenvalue weighted by Gasteiger charge is 2.24. The minimum atomic E-state index is -0.130. The van der Waals surface area contributed by atoms with Crippen LogP contribution in [0.15, 0.2) is 23.0 Å². The van der Waals surface area contributed by atoms with E-state index in [4.69, 9.17) is 5.73 Å². The van der Waals surface area contributed by atoms with Gasteiger partial charge in [0.1, 0.15) is 0 Å². The number of halogens is 1. The quantitative estimate of drug-likeness (QED) is 0.836. The fourth-order valence-corrected chi connectivity index (χ4v) is 3.79. The number of aromatic amines is 1. The number of hydrogen-bond acceptors (Lipinski definition) is 3. The summed E-state index contributed by atoms with van der Waals surface area (Å²) in [5.74, 6) is -0.0575. The van der Waals surface area contributed by atoms with Crippen molar-refractivity contribution in [1.29, 1.82) is 0 Å². The van der Waals surface area contributed by atoms with Gasteiger partial charge in [-0.3, -0.25) is 9.36 Å². The van der Waals surface area contributed by atoms with Crippen molar-refractivity contribution in [3.63, 3.8) is 0 Å². The van der Waals surface area contributed by atoms with E-state index in [0.717, 1.165) is 23.9 Å². The van der Waals surface area contributed by atoms with Gasteiger partial charge in [0.25, 0.3) is 5.91 Å². The third-order valence-corrected chi connectivity index (χ3v) is 5.22. The molecule has 0 spiro atoms. The van der Waals surface area contributed by atoms with Crippen molar-refractivity contribution in [2.75, 3.05) is 20.1 Å². The molecular weight excluding hydrogens is 352 g/mol. The summed E-state index contributed by atoms with van der Waals surface area (Å²) in [6.07, 6.45) is 4.43. The zero-order valence-electron chi connectivity index (χ0n) is 15.7. The Hall–Kier alpha value is -1.79. The van der Waals surface area contributed by atoms with Crippen LogP contribution in [0.3, 0.4) is 0 Å². The number of H-pyrrole nitrogens is 1. The smallest absolute Gasteiger partial charge is 0.326 e. The molecule has 0 unspecified atom stereocenters. The molecule has 1 amide bonds. The van der Waals surface area contributed by atoms with Gasteiger partial charge in [-0.25, -0.2) is 4.79 Å². The van der Waals surface area contributed by atoms with E-state index in [9.17, 15) is 9.59 Å². The van der Waals surface area contributed by atoms with E-state index >= 15 is 0 Å². The van der Waals surface area contributed by atoms with Gasteiger partial charge in [-0.05, 0) is 43.0 Å². The molecule has 0 atom stereocenters. The molecule has 3 N–H and O–H groups in total. The Kier molecular flexibility index (Phi) is 6.19. The minimum Gasteiger partial charge on any atom is -0.341 e. The Morgan fingerprint density at radius 3 is 2.62 bits per heavy atom. The lowest BCUT2D eigenvalue weighted by Crippen LogP contribution is -2.39. The van der Waals surface area contributed by atoms with Gasteiger partial charge in [0.05, 0.1) is 11.0 Å². The molecule has 0 aliphatic heterocycles. The first kappa shape index (κ1) is 20.5. The number of fused-ring (bicyclic) bond motifs is 1. The molecular formula is C19H29ClN4O2. The molecule has 3 rings (SSSR count). The van der Waals surface area contributed by atoms with E-state index < -0.39 is 0 Å². The van der Waals surface area contributed by atoms with Gasteiger partial charge >= 0.3 is 5.69 Å². The Bertz CT molecular complexity index is 834. The second kappa shape index (κ2) is 7.84. The highest BCUT2D eigenvalue weighted by atomic mass is 35.5. The molecule has 1 aliphatic carbocycles. The third-order valence-electron chi connectivity index (χ3n) is 5.22. The van der Waals surface area contributed by atoms with Crippen molar-refractivity contribution in [2.24, 2.45) is 11.1 Å². The van der Waals surface area contributed by atoms with Crippen LogP contribution < -0.4 is 11.4 Å². The fraction of sp³-hybridized carbons (Fsp3) is 0.579. The van der Waals surface area contributed by atoms with Crippen molar-refractivity contribution in [2.45, 2.75) is 45.6 Å².